The van der Waals surface area contributed by atoms with E-state index in [4.69, 9.17) is 0 Å². The molecule has 0 heterocycles. The fourth-order valence-corrected chi connectivity index (χ4v) is 0.521. The summed E-state index contributed by atoms with van der Waals surface area (Å²) in [6.07, 6.45) is -1.23. The average Bonchev–Trinajstić information content (AvgIpc) is 1.85. The zero-order valence-corrected chi connectivity index (χ0v) is 9.38. The Bertz CT molecular complexity index is 274. The molecule has 0 fully saturated rings. The predicted octanol–water partition coefficient (Wildman–Crippen LogP) is 0.455. The Hall–Kier alpha value is -0.180. The quantitative estimate of drug-likeness (QED) is 0.302. The standard InChI is InChI=1S/C4H4F2O5S.Na/c1-2-10-4(7)11-12(8,9)3(5)6;/h2-3H,1H2;. The van der Waals surface area contributed by atoms with Crippen LogP contribution in [-0.4, -0.2) is 49.9 Å². The molecule has 0 aromatic heterocycles. The fraction of sp³-hybridized carbons (Fsp3) is 0.250. The van der Waals surface area contributed by atoms with Gasteiger partial charge in [-0.05, 0) is 0 Å². The van der Waals surface area contributed by atoms with Crippen LogP contribution in [0.3, 0.4) is 0 Å². The molecule has 0 spiro atoms. The number of carbonyl (C=O) groups excluding carboxylic acids is 1. The Morgan fingerprint density at radius 2 is 1.92 bits per heavy atom. The van der Waals surface area contributed by atoms with Gasteiger partial charge in [-0.15, -0.1) is 0 Å². The molecule has 0 aliphatic rings. The van der Waals surface area contributed by atoms with Crippen molar-refractivity contribution in [2.75, 3.05) is 0 Å². The summed E-state index contributed by atoms with van der Waals surface area (Å²) in [5, 5.41) is 0. The largest absolute Gasteiger partial charge is 0.529 e. The summed E-state index contributed by atoms with van der Waals surface area (Å²) in [5.74, 6) is -3.78. The van der Waals surface area contributed by atoms with E-state index < -0.39 is 22.0 Å². The average molecular weight is 225 g/mol. The van der Waals surface area contributed by atoms with Crippen molar-refractivity contribution in [3.8, 4) is 0 Å². The number of halogens is 2. The third-order valence-electron chi connectivity index (χ3n) is 0.582. The first-order valence-electron chi connectivity index (χ1n) is 2.43. The normalized spacial score (nSPS) is 10.1. The Morgan fingerprint density at radius 1 is 1.46 bits per heavy atom. The van der Waals surface area contributed by atoms with Crippen LogP contribution in [0, 0.1) is 0 Å². The van der Waals surface area contributed by atoms with Gasteiger partial charge in [-0.1, -0.05) is 6.58 Å². The molecule has 0 rings (SSSR count). The molecule has 0 aliphatic carbocycles. The molecule has 13 heavy (non-hydrogen) atoms. The van der Waals surface area contributed by atoms with Crippen LogP contribution in [-0.2, 0) is 19.0 Å². The van der Waals surface area contributed by atoms with Gasteiger partial charge in [-0.3, -0.25) is 0 Å². The first kappa shape index (κ1) is 15.3. The smallest absolute Gasteiger partial charge is 0.403 e. The van der Waals surface area contributed by atoms with Gasteiger partial charge in [0.05, 0.1) is 6.26 Å². The molecule has 0 N–H and O–H groups in total. The molecule has 0 saturated heterocycles. The van der Waals surface area contributed by atoms with E-state index in [9.17, 15) is 22.0 Å². The molecular formula is C4H4F2NaO5S. The van der Waals surface area contributed by atoms with Gasteiger partial charge >= 0.3 is 22.0 Å². The molecule has 0 saturated carbocycles. The van der Waals surface area contributed by atoms with E-state index in [-0.39, 0.29) is 29.6 Å². The maximum absolute atomic E-state index is 11.5. The predicted molar refractivity (Wildman–Crippen MR) is 38.4 cm³/mol. The van der Waals surface area contributed by atoms with Crippen molar-refractivity contribution >= 4 is 45.8 Å². The molecule has 0 unspecified atom stereocenters. The van der Waals surface area contributed by atoms with Crippen molar-refractivity contribution in [3.05, 3.63) is 12.8 Å². The molecule has 0 atom stereocenters. The molecule has 9 heteroatoms. The van der Waals surface area contributed by atoms with Crippen LogP contribution in [0.1, 0.15) is 0 Å². The van der Waals surface area contributed by atoms with E-state index in [1.807, 2.05) is 0 Å². The number of carbonyl (C=O) groups is 1. The van der Waals surface area contributed by atoms with Crippen molar-refractivity contribution in [1.82, 2.24) is 0 Å². The number of ether oxygens (including phenoxy) is 1. The van der Waals surface area contributed by atoms with Crippen molar-refractivity contribution in [3.63, 3.8) is 0 Å². The van der Waals surface area contributed by atoms with Crippen molar-refractivity contribution < 1.29 is 30.9 Å². The second-order valence-electron chi connectivity index (χ2n) is 1.37. The first-order valence-corrected chi connectivity index (χ1v) is 3.90. The van der Waals surface area contributed by atoms with Gasteiger partial charge in [0.15, 0.2) is 0 Å². The van der Waals surface area contributed by atoms with E-state index >= 15 is 0 Å². The maximum Gasteiger partial charge on any atom is 0.529 e. The van der Waals surface area contributed by atoms with Crippen LogP contribution in [0.25, 0.3) is 0 Å². The molecule has 5 nitrogen and oxygen atoms in total. The van der Waals surface area contributed by atoms with Gasteiger partial charge in [0.1, 0.15) is 0 Å². The molecule has 1 radical (unpaired) electrons. The zero-order valence-electron chi connectivity index (χ0n) is 6.57. The van der Waals surface area contributed by atoms with Crippen LogP contribution >= 0.6 is 0 Å². The molecule has 0 aromatic rings. The van der Waals surface area contributed by atoms with E-state index in [0.29, 0.717) is 6.26 Å². The van der Waals surface area contributed by atoms with Gasteiger partial charge in [0.2, 0.25) is 0 Å². The molecular weight excluding hydrogens is 221 g/mol. The second kappa shape index (κ2) is 6.30. The van der Waals surface area contributed by atoms with Gasteiger partial charge < -0.3 is 8.92 Å². The Balaban J connectivity index is 0. The minimum absolute atomic E-state index is 0. The third kappa shape index (κ3) is 5.97. The van der Waals surface area contributed by atoms with E-state index in [1.54, 1.807) is 0 Å². The Morgan fingerprint density at radius 3 is 2.23 bits per heavy atom. The van der Waals surface area contributed by atoms with E-state index in [2.05, 4.69) is 15.5 Å². The van der Waals surface area contributed by atoms with Crippen LogP contribution < -0.4 is 0 Å². The minimum atomic E-state index is -5.18. The third-order valence-corrected chi connectivity index (χ3v) is 1.39. The summed E-state index contributed by atoms with van der Waals surface area (Å²) in [7, 11) is -5.18. The van der Waals surface area contributed by atoms with Crippen molar-refractivity contribution in [1.29, 1.82) is 0 Å². The maximum atomic E-state index is 11.5. The summed E-state index contributed by atoms with van der Waals surface area (Å²) in [6, 6.07) is 0. The molecule has 0 amide bonds. The molecule has 0 aliphatic heterocycles. The first-order chi connectivity index (χ1) is 5.40. The monoisotopic (exact) mass is 225 g/mol. The Kier molecular flexibility index (Phi) is 7.41. The molecule has 0 bridgehead atoms. The van der Waals surface area contributed by atoms with Gasteiger partial charge in [-0.2, -0.15) is 17.2 Å². The number of hydrogen-bond donors (Lipinski definition) is 0. The summed E-state index contributed by atoms with van der Waals surface area (Å²) < 4.78 is 50.1. The van der Waals surface area contributed by atoms with Crippen LogP contribution in [0.15, 0.2) is 12.8 Å². The van der Waals surface area contributed by atoms with Crippen LogP contribution in [0.2, 0.25) is 0 Å². The fourth-order valence-electron chi connectivity index (χ4n) is 0.219. The zero-order chi connectivity index (χ0) is 9.78. The summed E-state index contributed by atoms with van der Waals surface area (Å²) in [6.45, 7) is 2.87. The van der Waals surface area contributed by atoms with Crippen molar-refractivity contribution in [2.45, 2.75) is 5.76 Å². The summed E-state index contributed by atoms with van der Waals surface area (Å²) >= 11 is 0. The number of rotatable bonds is 3. The number of hydrogen-bond acceptors (Lipinski definition) is 5. The minimum Gasteiger partial charge on any atom is -0.403 e. The molecule has 71 valence electrons. The van der Waals surface area contributed by atoms with Crippen molar-refractivity contribution in [2.24, 2.45) is 0 Å². The molecule has 0 aromatic carbocycles. The van der Waals surface area contributed by atoms with Gasteiger partial charge in [0.25, 0.3) is 0 Å². The SMILES string of the molecule is C=COC(=O)OS(=O)(=O)C(F)F.[Na]. The summed E-state index contributed by atoms with van der Waals surface area (Å²) in [4.78, 5) is 10.1. The second-order valence-corrected chi connectivity index (χ2v) is 2.88. The van der Waals surface area contributed by atoms with Crippen LogP contribution in [0.4, 0.5) is 13.6 Å². The van der Waals surface area contributed by atoms with Crippen LogP contribution in [0.5, 0.6) is 0 Å². The number of alkyl halides is 2. The van der Waals surface area contributed by atoms with Gasteiger partial charge in [-0.25, -0.2) is 4.79 Å². The van der Waals surface area contributed by atoms with E-state index in [1.165, 1.54) is 0 Å². The Labute approximate surface area is 95.1 Å². The van der Waals surface area contributed by atoms with E-state index in [0.717, 1.165) is 0 Å². The van der Waals surface area contributed by atoms with Gasteiger partial charge in [0, 0.05) is 29.6 Å². The summed E-state index contributed by atoms with van der Waals surface area (Å²) in [5.41, 5.74) is 0. The topological polar surface area (TPSA) is 69.7 Å².